The Bertz CT molecular complexity index is 561. The molecule has 5 nitrogen and oxygen atoms in total. The van der Waals surface area contributed by atoms with Crippen molar-refractivity contribution in [2.24, 2.45) is 5.92 Å². The largest absolute Gasteiger partial charge is 0.384 e. The van der Waals surface area contributed by atoms with Crippen molar-refractivity contribution >= 4 is 5.69 Å². The monoisotopic (exact) mass is 272 g/mol. The molecule has 2 aromatic rings. The Balaban J connectivity index is 1.72. The van der Waals surface area contributed by atoms with Gasteiger partial charge in [0.2, 0.25) is 0 Å². The molecule has 1 aromatic heterocycles. The van der Waals surface area contributed by atoms with E-state index in [1.54, 1.807) is 0 Å². The van der Waals surface area contributed by atoms with Gasteiger partial charge in [0.1, 0.15) is 5.82 Å². The van der Waals surface area contributed by atoms with Crippen LogP contribution >= 0.6 is 0 Å². The molecule has 0 amide bonds. The van der Waals surface area contributed by atoms with Crippen LogP contribution in [0.25, 0.3) is 11.4 Å². The van der Waals surface area contributed by atoms with Gasteiger partial charge in [-0.15, -0.1) is 0 Å². The molecule has 0 spiro atoms. The highest BCUT2D eigenvalue weighted by atomic mass is 16.5. The van der Waals surface area contributed by atoms with Gasteiger partial charge in [-0.05, 0) is 37.8 Å². The average Bonchev–Trinajstić information content (AvgIpc) is 2.93. The van der Waals surface area contributed by atoms with Crippen LogP contribution < -0.4 is 5.32 Å². The summed E-state index contributed by atoms with van der Waals surface area (Å²) in [5, 5.41) is 10.6. The highest BCUT2D eigenvalue weighted by Crippen LogP contribution is 2.25. The Hall–Kier alpha value is -1.88. The predicted octanol–water partition coefficient (Wildman–Crippen LogP) is 2.62. The summed E-state index contributed by atoms with van der Waals surface area (Å²) in [4.78, 5) is 4.40. The summed E-state index contributed by atoms with van der Waals surface area (Å²) in [5.41, 5.74) is 2.12. The van der Waals surface area contributed by atoms with Crippen LogP contribution in [0.15, 0.2) is 24.3 Å². The van der Waals surface area contributed by atoms with Crippen molar-refractivity contribution < 1.29 is 4.74 Å². The van der Waals surface area contributed by atoms with E-state index in [4.69, 9.17) is 4.74 Å². The second-order valence-electron chi connectivity index (χ2n) is 5.25. The van der Waals surface area contributed by atoms with Gasteiger partial charge in [-0.1, -0.05) is 12.1 Å². The summed E-state index contributed by atoms with van der Waals surface area (Å²) in [6, 6.07) is 8.16. The number of ether oxygens (including phenoxy) is 1. The van der Waals surface area contributed by atoms with Crippen LogP contribution in [0, 0.1) is 12.8 Å². The fourth-order valence-corrected chi connectivity index (χ4v) is 2.52. The maximum absolute atomic E-state index is 5.52. The minimum atomic E-state index is 0.589. The molecule has 0 bridgehead atoms. The van der Waals surface area contributed by atoms with E-state index >= 15 is 0 Å². The number of benzene rings is 1. The van der Waals surface area contributed by atoms with Crippen LogP contribution in [0.5, 0.6) is 0 Å². The van der Waals surface area contributed by atoms with Gasteiger partial charge in [0, 0.05) is 24.4 Å². The number of aromatic nitrogens is 3. The molecule has 1 fully saturated rings. The minimum Gasteiger partial charge on any atom is -0.384 e. The van der Waals surface area contributed by atoms with Crippen molar-refractivity contribution in [1.29, 1.82) is 0 Å². The normalized spacial score (nSPS) is 18.9. The van der Waals surface area contributed by atoms with E-state index in [-0.39, 0.29) is 0 Å². The molecule has 1 aliphatic heterocycles. The first-order valence-corrected chi connectivity index (χ1v) is 7.13. The number of para-hydroxylation sites is 1. The van der Waals surface area contributed by atoms with E-state index in [0.29, 0.717) is 5.92 Å². The molecular formula is C15H20N4O. The Morgan fingerprint density at radius 3 is 3.05 bits per heavy atom. The van der Waals surface area contributed by atoms with Gasteiger partial charge >= 0.3 is 0 Å². The number of rotatable bonds is 4. The summed E-state index contributed by atoms with van der Waals surface area (Å²) < 4.78 is 5.52. The molecule has 2 N–H and O–H groups in total. The van der Waals surface area contributed by atoms with E-state index in [0.717, 1.165) is 49.1 Å². The van der Waals surface area contributed by atoms with Crippen molar-refractivity contribution in [3.05, 3.63) is 30.1 Å². The Kier molecular flexibility index (Phi) is 3.97. The van der Waals surface area contributed by atoms with Crippen molar-refractivity contribution in [2.75, 3.05) is 25.1 Å². The number of aryl methyl sites for hydroxylation is 1. The second kappa shape index (κ2) is 6.05. The third-order valence-corrected chi connectivity index (χ3v) is 3.60. The predicted molar refractivity (Wildman–Crippen MR) is 78.6 cm³/mol. The van der Waals surface area contributed by atoms with Gasteiger partial charge in [0.05, 0.1) is 6.61 Å². The SMILES string of the molecule is Cc1nc(-c2ccccc2NCC2CCCOC2)n[nH]1. The Labute approximate surface area is 118 Å². The molecule has 106 valence electrons. The van der Waals surface area contributed by atoms with E-state index in [9.17, 15) is 0 Å². The van der Waals surface area contributed by atoms with Gasteiger partial charge < -0.3 is 10.1 Å². The third-order valence-electron chi connectivity index (χ3n) is 3.60. The lowest BCUT2D eigenvalue weighted by Gasteiger charge is -2.23. The van der Waals surface area contributed by atoms with Crippen LogP contribution in [-0.2, 0) is 4.74 Å². The molecule has 1 saturated heterocycles. The molecule has 20 heavy (non-hydrogen) atoms. The van der Waals surface area contributed by atoms with Crippen LogP contribution in [0.3, 0.4) is 0 Å². The number of aromatic amines is 1. The first-order chi connectivity index (χ1) is 9.83. The fourth-order valence-electron chi connectivity index (χ4n) is 2.52. The molecule has 5 heteroatoms. The van der Waals surface area contributed by atoms with Gasteiger partial charge in [0.25, 0.3) is 0 Å². The van der Waals surface area contributed by atoms with E-state index in [2.05, 4.69) is 26.6 Å². The highest BCUT2D eigenvalue weighted by Gasteiger charge is 2.15. The quantitative estimate of drug-likeness (QED) is 0.898. The molecule has 1 aliphatic rings. The number of nitrogens with one attached hydrogen (secondary N) is 2. The fraction of sp³-hybridized carbons (Fsp3) is 0.467. The first kappa shape index (κ1) is 13.1. The van der Waals surface area contributed by atoms with Crippen molar-refractivity contribution in [3.8, 4) is 11.4 Å². The molecule has 0 aliphatic carbocycles. The smallest absolute Gasteiger partial charge is 0.183 e. The van der Waals surface area contributed by atoms with E-state index in [1.165, 1.54) is 6.42 Å². The minimum absolute atomic E-state index is 0.589. The van der Waals surface area contributed by atoms with E-state index < -0.39 is 0 Å². The molecule has 0 saturated carbocycles. The molecule has 1 unspecified atom stereocenters. The summed E-state index contributed by atoms with van der Waals surface area (Å²) in [6.45, 7) is 4.60. The zero-order valence-corrected chi connectivity index (χ0v) is 11.7. The second-order valence-corrected chi connectivity index (χ2v) is 5.25. The molecule has 1 atom stereocenters. The maximum atomic E-state index is 5.52. The Morgan fingerprint density at radius 1 is 1.40 bits per heavy atom. The number of hydrogen-bond acceptors (Lipinski definition) is 4. The highest BCUT2D eigenvalue weighted by molar-refractivity contribution is 5.73. The molecule has 2 heterocycles. The van der Waals surface area contributed by atoms with Crippen molar-refractivity contribution in [2.45, 2.75) is 19.8 Å². The van der Waals surface area contributed by atoms with E-state index in [1.807, 2.05) is 25.1 Å². The third kappa shape index (κ3) is 2.99. The number of nitrogens with zero attached hydrogens (tertiary/aromatic N) is 2. The van der Waals surface area contributed by atoms with Crippen LogP contribution in [0.1, 0.15) is 18.7 Å². The summed E-state index contributed by atoms with van der Waals surface area (Å²) >= 11 is 0. The standard InChI is InChI=1S/C15H20N4O/c1-11-17-15(19-18-11)13-6-2-3-7-14(13)16-9-12-5-4-8-20-10-12/h2-3,6-7,12,16H,4-5,8-10H2,1H3,(H,17,18,19). The van der Waals surface area contributed by atoms with Gasteiger partial charge in [-0.3, -0.25) is 5.10 Å². The lowest BCUT2D eigenvalue weighted by molar-refractivity contribution is 0.0595. The molecule has 0 radical (unpaired) electrons. The number of hydrogen-bond donors (Lipinski definition) is 2. The lowest BCUT2D eigenvalue weighted by Crippen LogP contribution is -2.24. The zero-order chi connectivity index (χ0) is 13.8. The molecule has 3 rings (SSSR count). The van der Waals surface area contributed by atoms with Crippen LogP contribution in [0.2, 0.25) is 0 Å². The Morgan fingerprint density at radius 2 is 2.30 bits per heavy atom. The first-order valence-electron chi connectivity index (χ1n) is 7.13. The lowest BCUT2D eigenvalue weighted by atomic mass is 10.0. The van der Waals surface area contributed by atoms with Crippen LogP contribution in [-0.4, -0.2) is 34.9 Å². The van der Waals surface area contributed by atoms with Crippen molar-refractivity contribution in [3.63, 3.8) is 0 Å². The molecule has 1 aromatic carbocycles. The maximum Gasteiger partial charge on any atom is 0.183 e. The van der Waals surface area contributed by atoms with Gasteiger partial charge in [-0.25, -0.2) is 4.98 Å². The topological polar surface area (TPSA) is 62.8 Å². The summed E-state index contributed by atoms with van der Waals surface area (Å²) in [7, 11) is 0. The average molecular weight is 272 g/mol. The van der Waals surface area contributed by atoms with Crippen molar-refractivity contribution in [1.82, 2.24) is 15.2 Å². The zero-order valence-electron chi connectivity index (χ0n) is 11.7. The summed E-state index contributed by atoms with van der Waals surface area (Å²) in [6.07, 6.45) is 2.39. The van der Waals surface area contributed by atoms with Gasteiger partial charge in [0.15, 0.2) is 5.82 Å². The molecular weight excluding hydrogens is 252 g/mol. The van der Waals surface area contributed by atoms with Gasteiger partial charge in [-0.2, -0.15) is 5.10 Å². The summed E-state index contributed by atoms with van der Waals surface area (Å²) in [5.74, 6) is 2.16. The van der Waals surface area contributed by atoms with Crippen LogP contribution in [0.4, 0.5) is 5.69 Å². The number of anilines is 1. The number of H-pyrrole nitrogens is 1.